The van der Waals surface area contributed by atoms with E-state index in [-0.39, 0.29) is 53.4 Å². The molecule has 0 aromatic carbocycles. The number of carbonyl (C=O) groups is 3. The number of nitrogens with zero attached hydrogens (tertiary/aromatic N) is 1. The van der Waals surface area contributed by atoms with Crippen molar-refractivity contribution >= 4 is 41.7 Å². The number of hydrogen-bond donors (Lipinski definition) is 7. The Hall–Kier alpha value is -3.32. The Morgan fingerprint density at radius 1 is 1.16 bits per heavy atom. The molecule has 240 valence electrons. The van der Waals surface area contributed by atoms with E-state index >= 15 is 0 Å². The van der Waals surface area contributed by atoms with Crippen LogP contribution in [-0.4, -0.2) is 88.6 Å². The smallest absolute Gasteiger partial charge is 0.305 e. The van der Waals surface area contributed by atoms with Gasteiger partial charge in [-0.3, -0.25) is 19.3 Å². The number of aliphatic carboxylic acids is 1. The summed E-state index contributed by atoms with van der Waals surface area (Å²) in [5.41, 5.74) is 4.41. The highest BCUT2D eigenvalue weighted by Crippen LogP contribution is 2.78. The molecule has 11 nitrogen and oxygen atoms in total. The molecular weight excluding hydrogens is 594 g/mol. The lowest BCUT2D eigenvalue weighted by Crippen LogP contribution is -2.46. The maximum Gasteiger partial charge on any atom is 0.305 e. The highest BCUT2D eigenvalue weighted by molar-refractivity contribution is 8.08. The Morgan fingerprint density at radius 3 is 2.47 bits per heavy atom. The summed E-state index contributed by atoms with van der Waals surface area (Å²) in [6.45, 7) is 13.9. The summed E-state index contributed by atoms with van der Waals surface area (Å²) in [5.74, 6) is -1.04. The van der Waals surface area contributed by atoms with Gasteiger partial charge in [0.25, 0.3) is 5.91 Å². The summed E-state index contributed by atoms with van der Waals surface area (Å²) in [7, 11) is 0. The van der Waals surface area contributed by atoms with E-state index in [0.29, 0.717) is 23.7 Å². The molecule has 2 spiro atoms. The topological polar surface area (TPSA) is 167 Å². The van der Waals surface area contributed by atoms with Crippen molar-refractivity contribution in [2.75, 3.05) is 0 Å². The molecule has 0 radical (unpaired) electrons. The largest absolute Gasteiger partial charge is 0.481 e. The van der Waals surface area contributed by atoms with Crippen molar-refractivity contribution in [3.63, 3.8) is 0 Å². The molecule has 12 heteroatoms. The zero-order valence-corrected chi connectivity index (χ0v) is 27.0. The van der Waals surface area contributed by atoms with E-state index in [0.717, 1.165) is 38.7 Å². The van der Waals surface area contributed by atoms with E-state index < -0.39 is 23.5 Å². The highest BCUT2D eigenvalue weighted by atomic mass is 32.2. The van der Waals surface area contributed by atoms with Gasteiger partial charge in [-0.05, 0) is 61.6 Å². The van der Waals surface area contributed by atoms with Crippen LogP contribution >= 0.6 is 11.8 Å². The molecule has 6 aliphatic rings. The Morgan fingerprint density at radius 2 is 1.87 bits per heavy atom. The first kappa shape index (κ1) is 30.3. The van der Waals surface area contributed by atoms with Gasteiger partial charge in [-0.25, -0.2) is 0 Å². The number of rotatable bonds is 10. The summed E-state index contributed by atoms with van der Waals surface area (Å²) >= 11 is 1.82. The second-order valence-corrected chi connectivity index (χ2v) is 15.1. The number of carboxylic acid groups (broad SMARTS) is 1. The molecule has 1 aromatic heterocycles. The minimum absolute atomic E-state index is 0.0193. The number of carbonyl (C=O) groups excluding carboxylic acids is 2. The van der Waals surface area contributed by atoms with Crippen LogP contribution in [0.4, 0.5) is 0 Å². The Bertz CT molecular complexity index is 1760. The Labute approximate surface area is 265 Å². The average molecular weight is 636 g/mol. The normalized spacial score (nSPS) is 39.8. The molecule has 0 aliphatic carbocycles. The fourth-order valence-electron chi connectivity index (χ4n) is 8.85. The first-order chi connectivity index (χ1) is 21.2. The maximum atomic E-state index is 12.7. The van der Waals surface area contributed by atoms with Gasteiger partial charge in [-0.2, -0.15) is 0 Å². The minimum Gasteiger partial charge on any atom is -0.481 e. The van der Waals surface area contributed by atoms with Crippen molar-refractivity contribution in [3.8, 4) is 0 Å². The van der Waals surface area contributed by atoms with Crippen LogP contribution in [0.1, 0.15) is 58.1 Å². The number of fused-ring (bicyclic) bond motifs is 1. The van der Waals surface area contributed by atoms with Gasteiger partial charge in [0.15, 0.2) is 6.29 Å². The molecule has 4 fully saturated rings. The number of nitrogens with one attached hydrogen (secondary N) is 4. The molecule has 0 saturated carbocycles. The molecule has 7 heterocycles. The molecule has 0 bridgehead atoms. The lowest BCUT2D eigenvalue weighted by atomic mass is 9.88. The zero-order valence-electron chi connectivity index (χ0n) is 26.2. The van der Waals surface area contributed by atoms with Crippen molar-refractivity contribution in [1.82, 2.24) is 25.8 Å². The van der Waals surface area contributed by atoms with Crippen LogP contribution in [0.25, 0.3) is 12.2 Å². The predicted molar refractivity (Wildman–Crippen MR) is 170 cm³/mol. The van der Waals surface area contributed by atoms with E-state index in [2.05, 4.69) is 51.5 Å². The van der Waals surface area contributed by atoms with Crippen LogP contribution < -0.4 is 26.6 Å². The number of H-pyrrole nitrogens is 1. The third-order valence-corrected chi connectivity index (χ3v) is 13.3. The predicted octanol–water partition coefficient (Wildman–Crippen LogP) is 0.0118. The molecule has 7 rings (SSSR count). The first-order valence-electron chi connectivity index (χ1n) is 15.6. The van der Waals surface area contributed by atoms with Gasteiger partial charge >= 0.3 is 5.97 Å². The molecule has 45 heavy (non-hydrogen) atoms. The monoisotopic (exact) mass is 635 g/mol. The standard InChI is InChI=1S/C33H41N5O6S/c1-7-19-14(2)21(35-30(19)44)10-23-16(4)33-26(12-28(41)42)38(33)31(33,37-23)13-24-20(8-9-27(39)40)15(3)22(34-24)11-25-32(18(6)45-32)17(5)29(43)36-25/h7,11,13,17-18,21,25-27,34,37,39-40H,1,8-10,12H2,2-6H3,(H,35,44)(H,36,43)(H,41,42)/b22-11+,24-13-/t17-,18?,21+,25+,26+,31-,32+,33+,38?/m0/s1. The first-order valence-corrected chi connectivity index (χ1v) is 16.5. The Balaban J connectivity index is 1.28. The van der Waals surface area contributed by atoms with Gasteiger partial charge < -0.3 is 36.3 Å². The second-order valence-electron chi connectivity index (χ2n) is 13.5. The molecule has 6 aliphatic heterocycles. The second kappa shape index (κ2) is 9.84. The van der Waals surface area contributed by atoms with Crippen LogP contribution in [0.5, 0.6) is 0 Å². The third-order valence-electron chi connectivity index (χ3n) is 11.5. The van der Waals surface area contributed by atoms with Gasteiger partial charge in [-0.15, -0.1) is 11.8 Å². The van der Waals surface area contributed by atoms with Gasteiger partial charge in [0, 0.05) is 40.1 Å². The van der Waals surface area contributed by atoms with E-state index in [1.54, 1.807) is 6.08 Å². The Kier molecular flexibility index (Phi) is 6.63. The molecule has 2 unspecified atom stereocenters. The fraction of sp³-hybridized carbons (Fsp3) is 0.545. The summed E-state index contributed by atoms with van der Waals surface area (Å²) in [5, 5.41) is 41.2. The molecule has 7 N–H and O–H groups in total. The molecule has 1 aromatic rings. The molecule has 2 amide bonds. The lowest BCUT2D eigenvalue weighted by Gasteiger charge is -2.24. The van der Waals surface area contributed by atoms with Gasteiger partial charge in [0.2, 0.25) is 5.91 Å². The maximum absolute atomic E-state index is 12.7. The SMILES string of the molecule is C=CC1=C(C)[C@@H](CC2=C(C)[C@]34[C@@H](CC(=O)O)N3[C@]4(/C=c3\[nH]/c(=C/[C@H]4NC(=O)[C@H](C)[C@]45SC5C)c(C)c3CCC(O)O)N2)NC1=O. The number of carboxylic acids is 1. The number of aromatic amines is 1. The van der Waals surface area contributed by atoms with Crippen molar-refractivity contribution in [1.29, 1.82) is 0 Å². The van der Waals surface area contributed by atoms with E-state index in [1.165, 1.54) is 0 Å². The lowest BCUT2D eigenvalue weighted by molar-refractivity contribution is -0.137. The summed E-state index contributed by atoms with van der Waals surface area (Å²) in [6, 6.07) is -0.473. The van der Waals surface area contributed by atoms with Crippen LogP contribution in [0, 0.1) is 12.8 Å². The van der Waals surface area contributed by atoms with Crippen LogP contribution in [-0.2, 0) is 20.8 Å². The summed E-state index contributed by atoms with van der Waals surface area (Å²) in [6.07, 6.45) is 5.50. The van der Waals surface area contributed by atoms with Gasteiger partial charge in [0.05, 0.1) is 35.2 Å². The van der Waals surface area contributed by atoms with E-state index in [9.17, 15) is 29.7 Å². The number of hydrogen-bond acceptors (Lipinski definition) is 8. The average Bonchev–Trinajstić information content (AvgIpc) is 3.85. The third kappa shape index (κ3) is 3.98. The minimum atomic E-state index is -1.46. The molecule has 4 saturated heterocycles. The van der Waals surface area contributed by atoms with Gasteiger partial charge in [-0.1, -0.05) is 26.5 Å². The molecule has 9 atom stereocenters. The van der Waals surface area contributed by atoms with E-state index in [1.807, 2.05) is 39.5 Å². The fourth-order valence-corrected chi connectivity index (χ4v) is 10.3. The van der Waals surface area contributed by atoms with Crippen molar-refractivity contribution < 1.29 is 29.7 Å². The molecular formula is C33H41N5O6S. The number of aliphatic hydroxyl groups excluding tert-OH is 1. The van der Waals surface area contributed by atoms with Crippen LogP contribution in [0.15, 0.2) is 35.1 Å². The summed E-state index contributed by atoms with van der Waals surface area (Å²) < 4.78 is -0.173. The highest BCUT2D eigenvalue weighted by Gasteiger charge is 2.96. The number of aromatic nitrogens is 1. The van der Waals surface area contributed by atoms with Crippen molar-refractivity contribution in [3.05, 3.63) is 56.9 Å². The zero-order chi connectivity index (χ0) is 32.4. The number of aliphatic hydroxyl groups is 2. The summed E-state index contributed by atoms with van der Waals surface area (Å²) in [4.78, 5) is 42.8. The number of thioether (sulfide) groups is 1. The van der Waals surface area contributed by atoms with Crippen molar-refractivity contribution in [2.24, 2.45) is 5.92 Å². The number of amides is 2. The van der Waals surface area contributed by atoms with Gasteiger partial charge in [0.1, 0.15) is 11.2 Å². The van der Waals surface area contributed by atoms with Crippen LogP contribution in [0.2, 0.25) is 0 Å². The van der Waals surface area contributed by atoms with Crippen LogP contribution in [0.3, 0.4) is 0 Å². The van der Waals surface area contributed by atoms with Crippen molar-refractivity contribution in [2.45, 2.75) is 106 Å². The quantitative estimate of drug-likeness (QED) is 0.139. The van der Waals surface area contributed by atoms with E-state index in [4.69, 9.17) is 0 Å².